The van der Waals surface area contributed by atoms with Crippen molar-refractivity contribution in [1.82, 2.24) is 0 Å². The summed E-state index contributed by atoms with van der Waals surface area (Å²) < 4.78 is 0. The molecule has 0 amide bonds. The van der Waals surface area contributed by atoms with Crippen molar-refractivity contribution in [3.05, 3.63) is 0 Å². The molecule has 0 heterocycles. The number of carbonyl (C=O) groups is 2. The SMILES string of the molecule is O=C(O)CC(O)C(=O)O.[H+].[Mg+2]. The van der Waals surface area contributed by atoms with Gasteiger partial charge in [0.15, 0.2) is 6.10 Å². The topological polar surface area (TPSA) is 94.8 Å². The molecule has 10 heavy (non-hydrogen) atoms. The number of aliphatic hydroxyl groups excluding tert-OH is 1. The van der Waals surface area contributed by atoms with Gasteiger partial charge in [-0.05, 0) is 0 Å². The molecule has 6 heteroatoms. The number of aliphatic carboxylic acids is 2. The van der Waals surface area contributed by atoms with Crippen LogP contribution in [0.15, 0.2) is 0 Å². The van der Waals surface area contributed by atoms with E-state index >= 15 is 0 Å². The molecule has 0 spiro atoms. The van der Waals surface area contributed by atoms with Gasteiger partial charge in [-0.2, -0.15) is 0 Å². The van der Waals surface area contributed by atoms with E-state index in [1.54, 1.807) is 0 Å². The summed E-state index contributed by atoms with van der Waals surface area (Å²) in [4.78, 5) is 19.4. The maximum atomic E-state index is 9.72. The number of aliphatic hydroxyl groups is 1. The zero-order chi connectivity index (χ0) is 7.44. The molecule has 0 aromatic heterocycles. The fourth-order valence-corrected chi connectivity index (χ4v) is 0.253. The molecule has 52 valence electrons. The second kappa shape index (κ2) is 5.45. The van der Waals surface area contributed by atoms with Crippen LogP contribution in [0.4, 0.5) is 0 Å². The normalized spacial score (nSPS) is 11.3. The smallest absolute Gasteiger partial charge is 0.481 e. The van der Waals surface area contributed by atoms with E-state index in [0.717, 1.165) is 0 Å². The Morgan fingerprint density at radius 1 is 1.40 bits per heavy atom. The van der Waals surface area contributed by atoms with Crippen molar-refractivity contribution in [3.8, 4) is 0 Å². The van der Waals surface area contributed by atoms with Crippen LogP contribution in [0.5, 0.6) is 0 Å². The maximum absolute atomic E-state index is 9.72. The molecule has 5 nitrogen and oxygen atoms in total. The van der Waals surface area contributed by atoms with Gasteiger partial charge >= 0.3 is 36.4 Å². The minimum absolute atomic E-state index is 0. The van der Waals surface area contributed by atoms with Gasteiger partial charge in [0.05, 0.1) is 6.42 Å². The van der Waals surface area contributed by atoms with Crippen LogP contribution in [0.1, 0.15) is 7.85 Å². The Morgan fingerprint density at radius 3 is 1.90 bits per heavy atom. The maximum Gasteiger partial charge on any atom is 2.00 e. The van der Waals surface area contributed by atoms with E-state index < -0.39 is 24.5 Å². The first-order valence-corrected chi connectivity index (χ1v) is 2.16. The third kappa shape index (κ3) is 5.80. The minimum atomic E-state index is -1.79. The van der Waals surface area contributed by atoms with Gasteiger partial charge in [0, 0.05) is 0 Å². The predicted octanol–water partition coefficient (Wildman–Crippen LogP) is -1.36. The van der Waals surface area contributed by atoms with E-state index in [1.165, 1.54) is 0 Å². The molecule has 0 aromatic carbocycles. The second-order valence-corrected chi connectivity index (χ2v) is 1.45. The molecule has 0 aromatic rings. The van der Waals surface area contributed by atoms with Crippen LogP contribution in [0, 0.1) is 0 Å². The molecule has 3 N–H and O–H groups in total. The fourth-order valence-electron chi connectivity index (χ4n) is 0.253. The van der Waals surface area contributed by atoms with E-state index in [4.69, 9.17) is 15.3 Å². The Bertz CT molecular complexity index is 138. The summed E-state index contributed by atoms with van der Waals surface area (Å²) in [6.45, 7) is 0. The molecule has 0 aliphatic heterocycles. The summed E-state index contributed by atoms with van der Waals surface area (Å²) in [6, 6.07) is 0. The van der Waals surface area contributed by atoms with E-state index in [2.05, 4.69) is 0 Å². The van der Waals surface area contributed by atoms with Gasteiger partial charge in [0.2, 0.25) is 0 Å². The van der Waals surface area contributed by atoms with Gasteiger partial charge in [-0.15, -0.1) is 0 Å². The zero-order valence-corrected chi connectivity index (χ0v) is 6.56. The average Bonchev–Trinajstić information content (AvgIpc) is 1.63. The summed E-state index contributed by atoms with van der Waals surface area (Å²) in [5.41, 5.74) is 0. The zero-order valence-electron chi connectivity index (χ0n) is 6.15. The van der Waals surface area contributed by atoms with Gasteiger partial charge in [-0.25, -0.2) is 4.79 Å². The predicted molar refractivity (Wildman–Crippen MR) is 32.8 cm³/mol. The van der Waals surface area contributed by atoms with Gasteiger partial charge in [0.25, 0.3) is 0 Å². The first kappa shape index (κ1) is 12.4. The van der Waals surface area contributed by atoms with Gasteiger partial charge < -0.3 is 15.3 Å². The van der Waals surface area contributed by atoms with Crippen LogP contribution >= 0.6 is 0 Å². The monoisotopic (exact) mass is 159 g/mol. The van der Waals surface area contributed by atoms with Crippen molar-refractivity contribution in [2.24, 2.45) is 0 Å². The number of rotatable bonds is 3. The van der Waals surface area contributed by atoms with Crippen molar-refractivity contribution in [1.29, 1.82) is 0 Å². The molecule has 0 fully saturated rings. The van der Waals surface area contributed by atoms with Crippen LogP contribution in [0.3, 0.4) is 0 Å². The molecule has 1 unspecified atom stereocenters. The fraction of sp³-hybridized carbons (Fsp3) is 0.500. The molecule has 1 atom stereocenters. The van der Waals surface area contributed by atoms with Crippen molar-refractivity contribution in [2.45, 2.75) is 12.5 Å². The van der Waals surface area contributed by atoms with Gasteiger partial charge in [-0.3, -0.25) is 4.79 Å². The Kier molecular flexibility index (Phi) is 6.73. The van der Waals surface area contributed by atoms with Crippen LogP contribution in [0.2, 0.25) is 0 Å². The number of carboxylic acids is 2. The number of hydrogen-bond acceptors (Lipinski definition) is 3. The van der Waals surface area contributed by atoms with Crippen LogP contribution < -0.4 is 0 Å². The molecule has 0 aliphatic carbocycles. The number of hydrogen-bond donors (Lipinski definition) is 3. The summed E-state index contributed by atoms with van der Waals surface area (Å²) in [7, 11) is 0. The number of carboxylic acid groups (broad SMARTS) is 2. The Morgan fingerprint density at radius 2 is 1.80 bits per heavy atom. The van der Waals surface area contributed by atoms with Crippen LogP contribution in [0.25, 0.3) is 0 Å². The second-order valence-electron chi connectivity index (χ2n) is 1.45. The molecule has 0 saturated carbocycles. The first-order chi connectivity index (χ1) is 4.04. The third-order valence-electron chi connectivity index (χ3n) is 0.653. The molecular weight excluding hydrogens is 152 g/mol. The average molecular weight is 159 g/mol. The van der Waals surface area contributed by atoms with Gasteiger partial charge in [0.1, 0.15) is 0 Å². The van der Waals surface area contributed by atoms with E-state index in [-0.39, 0.29) is 24.5 Å². The summed E-state index contributed by atoms with van der Waals surface area (Å²) in [5, 5.41) is 24.1. The summed E-state index contributed by atoms with van der Waals surface area (Å²) in [5.74, 6) is -2.85. The van der Waals surface area contributed by atoms with E-state index in [9.17, 15) is 9.59 Å². The van der Waals surface area contributed by atoms with Crippen molar-refractivity contribution in [2.75, 3.05) is 0 Å². The van der Waals surface area contributed by atoms with Gasteiger partial charge in [-0.1, -0.05) is 0 Å². The van der Waals surface area contributed by atoms with E-state index in [0.29, 0.717) is 0 Å². The van der Waals surface area contributed by atoms with Crippen molar-refractivity contribution in [3.63, 3.8) is 0 Å². The standard InChI is InChI=1S/C4H6O5.Mg/c5-2(4(8)9)1-3(6)7;/h2,5H,1H2,(H,6,7)(H,8,9);/q;+2/p+1. The molecule has 0 rings (SSSR count). The largest absolute Gasteiger partial charge is 2.00 e. The molecule has 0 saturated heterocycles. The Labute approximate surface area is 74.3 Å². The molecule has 0 bridgehead atoms. The summed E-state index contributed by atoms with van der Waals surface area (Å²) in [6.07, 6.45) is -2.54. The molecule has 0 radical (unpaired) electrons. The molecule has 0 aliphatic rings. The Balaban J connectivity index is -0.000000320. The van der Waals surface area contributed by atoms with Crippen molar-refractivity contribution >= 4 is 35.0 Å². The third-order valence-corrected chi connectivity index (χ3v) is 0.653. The van der Waals surface area contributed by atoms with Crippen LogP contribution in [-0.2, 0) is 9.59 Å². The summed E-state index contributed by atoms with van der Waals surface area (Å²) >= 11 is 0. The molecular formula is C4H7MgO5+3. The minimum Gasteiger partial charge on any atom is -0.481 e. The quantitative estimate of drug-likeness (QED) is 0.442. The first-order valence-electron chi connectivity index (χ1n) is 2.16. The Hall–Kier alpha value is -0.334. The van der Waals surface area contributed by atoms with Crippen LogP contribution in [-0.4, -0.2) is 56.4 Å². The van der Waals surface area contributed by atoms with Crippen molar-refractivity contribution < 1.29 is 26.3 Å². The van der Waals surface area contributed by atoms with E-state index in [1.807, 2.05) is 0 Å².